The lowest BCUT2D eigenvalue weighted by Gasteiger charge is -2.27. The van der Waals surface area contributed by atoms with Gasteiger partial charge in [-0.3, -0.25) is 14.5 Å². The minimum atomic E-state index is -0.915. The van der Waals surface area contributed by atoms with Crippen LogP contribution in [0.3, 0.4) is 0 Å². The fraction of sp³-hybridized carbons (Fsp3) is 0.172. The van der Waals surface area contributed by atoms with Gasteiger partial charge >= 0.3 is 0 Å². The van der Waals surface area contributed by atoms with Crippen LogP contribution in [0.25, 0.3) is 11.0 Å². The van der Waals surface area contributed by atoms with Gasteiger partial charge in [0.15, 0.2) is 34.4 Å². The standard InChI is InChI=1S/C29H24N2O7/c1-30(2)18-9-7-16(8-10-18)25-24(26(32)23-13-17-5-4-6-21(35-3)28(17)38-23)27(33)29(34)31(25)19-11-12-20-22(14-19)37-15-36-20/h4-14,25,33H,15H2,1-3H3. The predicted octanol–water partition coefficient (Wildman–Crippen LogP) is 5.02. The van der Waals surface area contributed by atoms with Gasteiger partial charge in [-0.15, -0.1) is 0 Å². The van der Waals surface area contributed by atoms with Crippen molar-refractivity contribution >= 4 is 34.0 Å². The maximum atomic E-state index is 13.9. The molecule has 1 aromatic heterocycles. The number of carbonyl (C=O) groups is 2. The first kappa shape index (κ1) is 23.5. The number of aliphatic hydroxyl groups excluding tert-OH is 1. The van der Waals surface area contributed by atoms with E-state index < -0.39 is 23.5 Å². The summed E-state index contributed by atoms with van der Waals surface area (Å²) in [6.07, 6.45) is 0. The van der Waals surface area contributed by atoms with Gasteiger partial charge in [0.25, 0.3) is 5.91 Å². The molecule has 0 saturated heterocycles. The largest absolute Gasteiger partial charge is 0.503 e. The Kier molecular flexibility index (Phi) is 5.48. The second kappa shape index (κ2) is 8.88. The molecule has 1 amide bonds. The molecule has 4 aromatic rings. The van der Waals surface area contributed by atoms with Crippen molar-refractivity contribution in [2.24, 2.45) is 0 Å². The zero-order valence-electron chi connectivity index (χ0n) is 20.9. The van der Waals surface area contributed by atoms with Crippen molar-refractivity contribution in [3.63, 3.8) is 0 Å². The molecule has 0 aliphatic carbocycles. The average Bonchev–Trinajstić information content (AvgIpc) is 3.64. The van der Waals surface area contributed by atoms with Gasteiger partial charge in [-0.05, 0) is 42.0 Å². The maximum Gasteiger partial charge on any atom is 0.294 e. The molecular formula is C29H24N2O7. The van der Waals surface area contributed by atoms with Crippen LogP contribution in [-0.2, 0) is 4.79 Å². The Bertz CT molecular complexity index is 1620. The molecule has 3 heterocycles. The first-order chi connectivity index (χ1) is 18.4. The highest BCUT2D eigenvalue weighted by Crippen LogP contribution is 2.45. The average molecular weight is 513 g/mol. The second-order valence-electron chi connectivity index (χ2n) is 9.18. The summed E-state index contributed by atoms with van der Waals surface area (Å²) < 4.78 is 22.2. The molecular weight excluding hydrogens is 488 g/mol. The van der Waals surface area contributed by atoms with E-state index in [1.165, 1.54) is 12.0 Å². The minimum Gasteiger partial charge on any atom is -0.503 e. The number of hydrogen-bond acceptors (Lipinski definition) is 8. The van der Waals surface area contributed by atoms with E-state index in [0.29, 0.717) is 39.5 Å². The van der Waals surface area contributed by atoms with Gasteiger partial charge in [0, 0.05) is 36.9 Å². The maximum absolute atomic E-state index is 13.9. The first-order valence-corrected chi connectivity index (χ1v) is 11.9. The zero-order valence-corrected chi connectivity index (χ0v) is 20.9. The van der Waals surface area contributed by atoms with Crippen molar-refractivity contribution in [1.82, 2.24) is 0 Å². The Balaban J connectivity index is 1.48. The highest BCUT2D eigenvalue weighted by Gasteiger charge is 2.45. The van der Waals surface area contributed by atoms with Crippen LogP contribution in [0, 0.1) is 0 Å². The number of amides is 1. The van der Waals surface area contributed by atoms with E-state index >= 15 is 0 Å². The molecule has 2 aliphatic heterocycles. The van der Waals surface area contributed by atoms with Crippen molar-refractivity contribution in [1.29, 1.82) is 0 Å². The Morgan fingerprint density at radius 1 is 1.03 bits per heavy atom. The van der Waals surface area contributed by atoms with Gasteiger partial charge in [-0.2, -0.15) is 0 Å². The predicted molar refractivity (Wildman–Crippen MR) is 140 cm³/mol. The number of para-hydroxylation sites is 1. The van der Waals surface area contributed by atoms with Gasteiger partial charge in [0.1, 0.15) is 0 Å². The van der Waals surface area contributed by atoms with E-state index in [0.717, 1.165) is 5.69 Å². The van der Waals surface area contributed by atoms with Crippen LogP contribution in [0.1, 0.15) is 22.2 Å². The number of furan rings is 1. The van der Waals surface area contributed by atoms with Crippen LogP contribution in [0.4, 0.5) is 11.4 Å². The number of aliphatic hydroxyl groups is 1. The van der Waals surface area contributed by atoms with Crippen molar-refractivity contribution in [3.05, 3.63) is 89.4 Å². The lowest BCUT2D eigenvalue weighted by atomic mass is 9.94. The molecule has 0 radical (unpaired) electrons. The third kappa shape index (κ3) is 3.62. The van der Waals surface area contributed by atoms with Crippen molar-refractivity contribution in [3.8, 4) is 17.2 Å². The Labute approximate surface area is 218 Å². The van der Waals surface area contributed by atoms with Crippen molar-refractivity contribution < 1.29 is 33.3 Å². The molecule has 0 bridgehead atoms. The fourth-order valence-corrected chi connectivity index (χ4v) is 4.85. The van der Waals surface area contributed by atoms with E-state index in [1.807, 2.05) is 43.3 Å². The van der Waals surface area contributed by atoms with E-state index in [4.69, 9.17) is 18.6 Å². The number of fused-ring (bicyclic) bond motifs is 2. The number of hydrogen-bond donors (Lipinski definition) is 1. The lowest BCUT2D eigenvalue weighted by Crippen LogP contribution is -2.31. The van der Waals surface area contributed by atoms with Crippen LogP contribution in [0.5, 0.6) is 17.2 Å². The quantitative estimate of drug-likeness (QED) is 0.360. The third-order valence-corrected chi connectivity index (χ3v) is 6.76. The number of Topliss-reactive ketones (excluding diaryl/α,β-unsaturated/α-hetero) is 1. The number of ether oxygens (including phenoxy) is 3. The van der Waals surface area contributed by atoms with E-state index in [2.05, 4.69) is 0 Å². The topological polar surface area (TPSA) is 102 Å². The van der Waals surface area contributed by atoms with Crippen LogP contribution in [-0.4, -0.2) is 44.8 Å². The SMILES string of the molecule is COc1cccc2cc(C(=O)C3=C(O)C(=O)N(c4ccc5c(c4)OCO5)C3c3ccc(N(C)C)cc3)oc12. The molecule has 0 spiro atoms. The first-order valence-electron chi connectivity index (χ1n) is 11.9. The summed E-state index contributed by atoms with van der Waals surface area (Å²) >= 11 is 0. The molecule has 2 aliphatic rings. The molecule has 1 N–H and O–H groups in total. The molecule has 38 heavy (non-hydrogen) atoms. The summed E-state index contributed by atoms with van der Waals surface area (Å²) in [6, 6.07) is 18.5. The van der Waals surface area contributed by atoms with Crippen molar-refractivity contribution in [2.75, 3.05) is 37.8 Å². The van der Waals surface area contributed by atoms with Gasteiger partial charge in [-0.1, -0.05) is 24.3 Å². The van der Waals surface area contributed by atoms with Gasteiger partial charge in [-0.25, -0.2) is 0 Å². The number of ketones is 1. The summed E-state index contributed by atoms with van der Waals surface area (Å²) in [6.45, 7) is 0.0743. The van der Waals surface area contributed by atoms with Gasteiger partial charge < -0.3 is 28.6 Å². The number of carbonyl (C=O) groups excluding carboxylic acids is 2. The van der Waals surface area contributed by atoms with E-state index in [1.54, 1.807) is 42.5 Å². The molecule has 9 nitrogen and oxygen atoms in total. The van der Waals surface area contributed by atoms with Gasteiger partial charge in [0.05, 0.1) is 18.7 Å². The smallest absolute Gasteiger partial charge is 0.294 e. The molecule has 0 fully saturated rings. The highest BCUT2D eigenvalue weighted by atomic mass is 16.7. The second-order valence-corrected chi connectivity index (χ2v) is 9.18. The van der Waals surface area contributed by atoms with Gasteiger partial charge in [0.2, 0.25) is 12.6 Å². The fourth-order valence-electron chi connectivity index (χ4n) is 4.85. The Morgan fingerprint density at radius 2 is 1.79 bits per heavy atom. The molecule has 1 unspecified atom stereocenters. The summed E-state index contributed by atoms with van der Waals surface area (Å²) in [5, 5.41) is 11.8. The lowest BCUT2D eigenvalue weighted by molar-refractivity contribution is -0.117. The van der Waals surface area contributed by atoms with Crippen LogP contribution in [0.2, 0.25) is 0 Å². The molecule has 3 aromatic carbocycles. The number of benzene rings is 3. The Hall–Kier alpha value is -4.92. The molecule has 0 saturated carbocycles. The number of rotatable bonds is 6. The van der Waals surface area contributed by atoms with E-state index in [9.17, 15) is 14.7 Å². The monoisotopic (exact) mass is 512 g/mol. The molecule has 1 atom stereocenters. The number of nitrogens with zero attached hydrogens (tertiary/aromatic N) is 2. The normalized spacial score (nSPS) is 16.4. The van der Waals surface area contributed by atoms with Crippen LogP contribution in [0.15, 0.2) is 82.5 Å². The zero-order chi connectivity index (χ0) is 26.6. The molecule has 9 heteroatoms. The number of methoxy groups -OCH3 is 1. The summed E-state index contributed by atoms with van der Waals surface area (Å²) in [5.41, 5.74) is 2.35. The molecule has 6 rings (SSSR count). The van der Waals surface area contributed by atoms with E-state index in [-0.39, 0.29) is 18.1 Å². The highest BCUT2D eigenvalue weighted by molar-refractivity contribution is 6.20. The number of anilines is 2. The van der Waals surface area contributed by atoms with Crippen LogP contribution >= 0.6 is 0 Å². The minimum absolute atomic E-state index is 0.0127. The Morgan fingerprint density at radius 3 is 2.53 bits per heavy atom. The molecule has 192 valence electrons. The van der Waals surface area contributed by atoms with Crippen LogP contribution < -0.4 is 24.0 Å². The van der Waals surface area contributed by atoms with Crippen molar-refractivity contribution in [2.45, 2.75) is 6.04 Å². The summed E-state index contributed by atoms with van der Waals surface area (Å²) in [4.78, 5) is 30.8. The summed E-state index contributed by atoms with van der Waals surface area (Å²) in [5.74, 6) is -0.456. The third-order valence-electron chi connectivity index (χ3n) is 6.76. The summed E-state index contributed by atoms with van der Waals surface area (Å²) in [7, 11) is 5.35.